The average Bonchev–Trinajstić information content (AvgIpc) is 2.82. The second-order valence-electron chi connectivity index (χ2n) is 4.71. The van der Waals surface area contributed by atoms with E-state index in [1.54, 1.807) is 0 Å². The van der Waals surface area contributed by atoms with Crippen molar-refractivity contribution in [3.8, 4) is 0 Å². The van der Waals surface area contributed by atoms with E-state index in [0.29, 0.717) is 5.13 Å². The molecule has 0 saturated heterocycles. The van der Waals surface area contributed by atoms with Gasteiger partial charge in [0.1, 0.15) is 5.25 Å². The van der Waals surface area contributed by atoms with E-state index in [1.807, 2.05) is 12.3 Å². The number of aromatic nitrogens is 1. The Labute approximate surface area is 123 Å². The second-order valence-corrected chi connectivity index (χ2v) is 7.94. The third-order valence-electron chi connectivity index (χ3n) is 2.91. The summed E-state index contributed by atoms with van der Waals surface area (Å²) in [7, 11) is -3.39. The Morgan fingerprint density at radius 1 is 1.45 bits per heavy atom. The average molecular weight is 319 g/mol. The number of nitrogens with zero attached hydrogens (tertiary/aromatic N) is 1. The Bertz CT molecular complexity index is 554. The molecule has 20 heavy (non-hydrogen) atoms. The molecule has 0 aliphatic heterocycles. The molecule has 2 N–H and O–H groups in total. The van der Waals surface area contributed by atoms with E-state index in [-0.39, 0.29) is 6.04 Å². The predicted molar refractivity (Wildman–Crippen MR) is 81.8 cm³/mol. The first-order chi connectivity index (χ1) is 9.25. The fourth-order valence-corrected chi connectivity index (χ4v) is 2.66. The summed E-state index contributed by atoms with van der Waals surface area (Å²) in [4.78, 5) is 16.1. The molecule has 1 rings (SSSR count). The minimum atomic E-state index is -3.39. The molecule has 8 heteroatoms. The lowest BCUT2D eigenvalue weighted by Gasteiger charge is -2.10. The van der Waals surface area contributed by atoms with Crippen LogP contribution in [0.15, 0.2) is 5.38 Å². The van der Waals surface area contributed by atoms with Crippen molar-refractivity contribution in [2.24, 2.45) is 0 Å². The Hall–Kier alpha value is -0.990. The molecule has 6 nitrogen and oxygen atoms in total. The number of carbonyl (C=O) groups is 1. The summed E-state index contributed by atoms with van der Waals surface area (Å²) >= 11 is 1.29. The summed E-state index contributed by atoms with van der Waals surface area (Å²) in [6.45, 7) is 6.34. The Balaban J connectivity index is 2.67. The number of hydrogen-bond acceptors (Lipinski definition) is 6. The highest BCUT2D eigenvalue weighted by Crippen LogP contribution is 2.21. The molecule has 114 valence electrons. The minimum Gasteiger partial charge on any atom is -0.309 e. The van der Waals surface area contributed by atoms with Gasteiger partial charge in [0.05, 0.1) is 5.69 Å². The molecule has 1 aromatic rings. The number of anilines is 1. The van der Waals surface area contributed by atoms with Gasteiger partial charge in [0.25, 0.3) is 0 Å². The number of hydrogen-bond donors (Lipinski definition) is 2. The maximum absolute atomic E-state index is 11.8. The van der Waals surface area contributed by atoms with Gasteiger partial charge in [-0.15, -0.1) is 11.3 Å². The molecule has 2 unspecified atom stereocenters. The van der Waals surface area contributed by atoms with Gasteiger partial charge in [-0.2, -0.15) is 0 Å². The highest BCUT2D eigenvalue weighted by Gasteiger charge is 2.24. The van der Waals surface area contributed by atoms with E-state index in [1.165, 1.54) is 18.3 Å². The minimum absolute atomic E-state index is 0.101. The second kappa shape index (κ2) is 7.14. The van der Waals surface area contributed by atoms with Gasteiger partial charge in [0, 0.05) is 17.7 Å². The van der Waals surface area contributed by atoms with E-state index < -0.39 is 21.0 Å². The van der Waals surface area contributed by atoms with Gasteiger partial charge in [-0.1, -0.05) is 6.92 Å². The number of nitrogens with one attached hydrogen (secondary N) is 2. The fourth-order valence-electron chi connectivity index (χ4n) is 1.41. The maximum atomic E-state index is 11.8. The SMILES string of the molecule is CCCNC(C)c1csc(NC(=O)C(C)S(C)(=O)=O)n1. The monoisotopic (exact) mass is 319 g/mol. The molecular formula is C12H21N3O3S2. The van der Waals surface area contributed by atoms with E-state index in [0.717, 1.165) is 24.9 Å². The molecule has 0 fully saturated rings. The quantitative estimate of drug-likeness (QED) is 0.796. The van der Waals surface area contributed by atoms with Crippen molar-refractivity contribution in [2.75, 3.05) is 18.1 Å². The molecule has 0 aromatic carbocycles. The molecule has 0 radical (unpaired) electrons. The highest BCUT2D eigenvalue weighted by atomic mass is 32.2. The largest absolute Gasteiger partial charge is 0.309 e. The van der Waals surface area contributed by atoms with Crippen LogP contribution in [0.3, 0.4) is 0 Å². The summed E-state index contributed by atoms with van der Waals surface area (Å²) in [5, 5.41) is 7.04. The van der Waals surface area contributed by atoms with Crippen LogP contribution in [0.25, 0.3) is 0 Å². The van der Waals surface area contributed by atoms with Crippen LogP contribution in [0.1, 0.15) is 38.9 Å². The van der Waals surface area contributed by atoms with Crippen LogP contribution in [0.4, 0.5) is 5.13 Å². The van der Waals surface area contributed by atoms with Crippen molar-refractivity contribution in [1.29, 1.82) is 0 Å². The first-order valence-electron chi connectivity index (χ1n) is 6.44. The Morgan fingerprint density at radius 3 is 2.65 bits per heavy atom. The predicted octanol–water partition coefficient (Wildman–Crippen LogP) is 1.58. The van der Waals surface area contributed by atoms with Crippen LogP contribution in [-0.4, -0.2) is 37.4 Å². The third-order valence-corrected chi connectivity index (χ3v) is 5.18. The van der Waals surface area contributed by atoms with E-state index in [2.05, 4.69) is 22.5 Å². The van der Waals surface area contributed by atoms with Gasteiger partial charge in [0.2, 0.25) is 5.91 Å². The van der Waals surface area contributed by atoms with Gasteiger partial charge >= 0.3 is 0 Å². The molecular weight excluding hydrogens is 298 g/mol. The first kappa shape index (κ1) is 17.1. The standard InChI is InChI=1S/C12H21N3O3S2/c1-5-6-13-8(2)10-7-19-12(14-10)15-11(16)9(3)20(4,17)18/h7-9,13H,5-6H2,1-4H3,(H,14,15,16). The maximum Gasteiger partial charge on any atom is 0.244 e. The molecule has 1 aromatic heterocycles. The van der Waals surface area contributed by atoms with E-state index in [4.69, 9.17) is 0 Å². The van der Waals surface area contributed by atoms with Crippen LogP contribution in [0, 0.1) is 0 Å². The number of sulfone groups is 1. The highest BCUT2D eigenvalue weighted by molar-refractivity contribution is 7.92. The molecule has 0 spiro atoms. The molecule has 0 aliphatic carbocycles. The van der Waals surface area contributed by atoms with Crippen LogP contribution >= 0.6 is 11.3 Å². The molecule has 0 bridgehead atoms. The van der Waals surface area contributed by atoms with Gasteiger partial charge in [-0.3, -0.25) is 4.79 Å². The Morgan fingerprint density at radius 2 is 2.10 bits per heavy atom. The van der Waals surface area contributed by atoms with E-state index in [9.17, 15) is 13.2 Å². The van der Waals surface area contributed by atoms with Crippen molar-refractivity contribution in [2.45, 2.75) is 38.5 Å². The normalized spacial score (nSPS) is 14.8. The third kappa shape index (κ3) is 4.84. The summed E-state index contributed by atoms with van der Waals surface area (Å²) < 4.78 is 22.6. The van der Waals surface area contributed by atoms with Crippen molar-refractivity contribution in [3.05, 3.63) is 11.1 Å². The van der Waals surface area contributed by atoms with Crippen LogP contribution in [0.5, 0.6) is 0 Å². The van der Waals surface area contributed by atoms with Gasteiger partial charge in [-0.05, 0) is 26.8 Å². The van der Waals surface area contributed by atoms with Crippen LogP contribution in [0.2, 0.25) is 0 Å². The lowest BCUT2D eigenvalue weighted by molar-refractivity contribution is -0.115. The fraction of sp³-hybridized carbons (Fsp3) is 0.667. The van der Waals surface area contributed by atoms with E-state index >= 15 is 0 Å². The summed E-state index contributed by atoms with van der Waals surface area (Å²) in [6.07, 6.45) is 2.07. The zero-order valence-electron chi connectivity index (χ0n) is 12.1. The smallest absolute Gasteiger partial charge is 0.244 e. The lowest BCUT2D eigenvalue weighted by Crippen LogP contribution is -2.31. The van der Waals surface area contributed by atoms with Crippen molar-refractivity contribution < 1.29 is 13.2 Å². The van der Waals surface area contributed by atoms with Crippen molar-refractivity contribution >= 4 is 32.2 Å². The van der Waals surface area contributed by atoms with Crippen LogP contribution < -0.4 is 10.6 Å². The summed E-state index contributed by atoms with van der Waals surface area (Å²) in [5.74, 6) is -0.553. The van der Waals surface area contributed by atoms with Gasteiger partial charge in [-0.25, -0.2) is 13.4 Å². The van der Waals surface area contributed by atoms with Crippen molar-refractivity contribution in [1.82, 2.24) is 10.3 Å². The molecule has 1 heterocycles. The molecule has 2 atom stereocenters. The number of carbonyl (C=O) groups excluding carboxylic acids is 1. The van der Waals surface area contributed by atoms with Gasteiger partial charge in [0.15, 0.2) is 15.0 Å². The van der Waals surface area contributed by atoms with Crippen molar-refractivity contribution in [3.63, 3.8) is 0 Å². The first-order valence-corrected chi connectivity index (χ1v) is 9.27. The topological polar surface area (TPSA) is 88.2 Å². The molecule has 0 saturated carbocycles. The van der Waals surface area contributed by atoms with Crippen LogP contribution in [-0.2, 0) is 14.6 Å². The van der Waals surface area contributed by atoms with Gasteiger partial charge < -0.3 is 10.6 Å². The molecule has 0 aliphatic rings. The number of thiazole rings is 1. The zero-order valence-corrected chi connectivity index (χ0v) is 13.8. The lowest BCUT2D eigenvalue weighted by atomic mass is 10.2. The summed E-state index contributed by atoms with van der Waals surface area (Å²) in [5.41, 5.74) is 0.839. The summed E-state index contributed by atoms with van der Waals surface area (Å²) in [6, 6.07) is 0.101. The number of amides is 1. The number of rotatable bonds is 7. The zero-order chi connectivity index (χ0) is 15.3. The molecule has 1 amide bonds. The Kier molecular flexibility index (Phi) is 6.09.